The SMILES string of the molecule is COC(=O)/C(C)=C/c1ccc(Oc2ccccc2NC(=NCCNc2ccnc3cc(Cl)ccc23)Nc2ccc(Cl)cc2)cc1. The molecule has 0 fully saturated rings. The molecule has 0 bridgehead atoms. The number of ether oxygens (including phenoxy) is 2. The Balaban J connectivity index is 1.31. The van der Waals surface area contributed by atoms with Crippen LogP contribution >= 0.6 is 23.2 Å². The number of anilines is 3. The Morgan fingerprint density at radius 3 is 2.42 bits per heavy atom. The Kier molecular flexibility index (Phi) is 10.5. The van der Waals surface area contributed by atoms with E-state index in [2.05, 4.69) is 20.9 Å². The first-order valence-electron chi connectivity index (χ1n) is 14.1. The van der Waals surface area contributed by atoms with Gasteiger partial charge in [0, 0.05) is 45.1 Å². The first-order chi connectivity index (χ1) is 21.9. The number of halogens is 2. The van der Waals surface area contributed by atoms with E-state index in [1.54, 1.807) is 19.2 Å². The number of carbonyl (C=O) groups is 1. The van der Waals surface area contributed by atoms with Gasteiger partial charge in [0.1, 0.15) is 5.75 Å². The van der Waals surface area contributed by atoms with Crippen molar-refractivity contribution in [3.8, 4) is 11.5 Å². The molecule has 5 aromatic rings. The van der Waals surface area contributed by atoms with Gasteiger partial charge in [-0.1, -0.05) is 47.5 Å². The van der Waals surface area contributed by atoms with Gasteiger partial charge in [-0.15, -0.1) is 0 Å². The normalized spacial score (nSPS) is 11.6. The van der Waals surface area contributed by atoms with Crippen molar-refractivity contribution in [2.24, 2.45) is 4.99 Å². The summed E-state index contributed by atoms with van der Waals surface area (Å²) in [5.74, 6) is 1.40. The van der Waals surface area contributed by atoms with E-state index in [9.17, 15) is 4.79 Å². The van der Waals surface area contributed by atoms with Crippen LogP contribution in [0.4, 0.5) is 17.1 Å². The molecule has 228 valence electrons. The maximum absolute atomic E-state index is 11.7. The molecule has 0 radical (unpaired) electrons. The molecule has 10 heteroatoms. The highest BCUT2D eigenvalue weighted by atomic mass is 35.5. The van der Waals surface area contributed by atoms with Crippen LogP contribution in [-0.4, -0.2) is 37.1 Å². The summed E-state index contributed by atoms with van der Waals surface area (Å²) in [5, 5.41) is 12.5. The zero-order valence-electron chi connectivity index (χ0n) is 24.7. The topological polar surface area (TPSA) is 96.9 Å². The number of nitrogens with zero attached hydrogens (tertiary/aromatic N) is 2. The van der Waals surface area contributed by atoms with Crippen LogP contribution in [0.15, 0.2) is 114 Å². The van der Waals surface area contributed by atoms with Gasteiger partial charge in [-0.2, -0.15) is 0 Å². The number of methoxy groups -OCH3 is 1. The third kappa shape index (κ3) is 8.75. The molecule has 8 nitrogen and oxygen atoms in total. The minimum Gasteiger partial charge on any atom is -0.466 e. The van der Waals surface area contributed by atoms with Crippen LogP contribution in [0.2, 0.25) is 10.0 Å². The second kappa shape index (κ2) is 15.1. The van der Waals surface area contributed by atoms with Crippen molar-refractivity contribution in [2.45, 2.75) is 6.92 Å². The molecule has 3 N–H and O–H groups in total. The van der Waals surface area contributed by atoms with Crippen LogP contribution in [0.25, 0.3) is 17.0 Å². The quantitative estimate of drug-likeness (QED) is 0.0461. The lowest BCUT2D eigenvalue weighted by molar-refractivity contribution is -0.135. The Bertz CT molecular complexity index is 1840. The van der Waals surface area contributed by atoms with Crippen molar-refractivity contribution in [3.63, 3.8) is 0 Å². The van der Waals surface area contributed by atoms with Crippen LogP contribution in [0.3, 0.4) is 0 Å². The zero-order chi connectivity index (χ0) is 31.6. The summed E-state index contributed by atoms with van der Waals surface area (Å²) in [5.41, 5.74) is 4.67. The summed E-state index contributed by atoms with van der Waals surface area (Å²) in [6, 6.07) is 30.0. The molecule has 0 spiro atoms. The van der Waals surface area contributed by atoms with Gasteiger partial charge in [0.05, 0.1) is 24.9 Å². The van der Waals surface area contributed by atoms with Crippen molar-refractivity contribution in [1.29, 1.82) is 0 Å². The maximum Gasteiger partial charge on any atom is 0.333 e. The standard InChI is InChI=1S/C35H31Cl2N5O3/c1-23(34(43)44-2)21-24-7-14-28(15-8-24)45-33-6-4-3-5-31(33)42-35(41-27-12-9-25(36)10-13-27)40-20-19-39-30-17-18-38-32-22-26(37)11-16-29(30)32/h3-18,21-22H,19-20H2,1-2H3,(H,38,39)(H2,40,41,42)/b23-21+. The predicted octanol–water partition coefficient (Wildman–Crippen LogP) is 8.90. The Morgan fingerprint density at radius 1 is 0.889 bits per heavy atom. The molecule has 1 aromatic heterocycles. The first-order valence-corrected chi connectivity index (χ1v) is 14.9. The largest absolute Gasteiger partial charge is 0.466 e. The van der Waals surface area contributed by atoms with Gasteiger partial charge in [0.15, 0.2) is 11.7 Å². The predicted molar refractivity (Wildman–Crippen MR) is 185 cm³/mol. The van der Waals surface area contributed by atoms with Crippen LogP contribution in [0.1, 0.15) is 12.5 Å². The maximum atomic E-state index is 11.7. The molecule has 0 amide bonds. The van der Waals surface area contributed by atoms with E-state index >= 15 is 0 Å². The number of pyridine rings is 1. The molecule has 0 aliphatic heterocycles. The summed E-state index contributed by atoms with van der Waals surface area (Å²) < 4.78 is 11.0. The average molecular weight is 641 g/mol. The Labute approximate surface area is 271 Å². The number of carbonyl (C=O) groups excluding carboxylic acids is 1. The number of nitrogens with one attached hydrogen (secondary N) is 3. The van der Waals surface area contributed by atoms with Crippen molar-refractivity contribution in [1.82, 2.24) is 4.98 Å². The zero-order valence-corrected chi connectivity index (χ0v) is 26.2. The van der Waals surface area contributed by atoms with E-state index in [4.69, 9.17) is 37.7 Å². The number of esters is 1. The van der Waals surface area contributed by atoms with E-state index in [1.165, 1.54) is 7.11 Å². The fraction of sp³-hybridized carbons (Fsp3) is 0.114. The third-order valence-corrected chi connectivity index (χ3v) is 7.13. The Hall–Kier alpha value is -5.05. The smallest absolute Gasteiger partial charge is 0.333 e. The molecular weight excluding hydrogens is 609 g/mol. The lowest BCUT2D eigenvalue weighted by atomic mass is 10.1. The number of aromatic nitrogens is 1. The van der Waals surface area contributed by atoms with E-state index in [0.29, 0.717) is 51.9 Å². The molecule has 0 aliphatic carbocycles. The van der Waals surface area contributed by atoms with Crippen molar-refractivity contribution < 1.29 is 14.3 Å². The highest BCUT2D eigenvalue weighted by molar-refractivity contribution is 6.31. The number of benzene rings is 4. The number of hydrogen-bond acceptors (Lipinski definition) is 6. The van der Waals surface area contributed by atoms with Gasteiger partial charge in [0.2, 0.25) is 0 Å². The number of rotatable bonds is 10. The van der Waals surface area contributed by atoms with Gasteiger partial charge in [0.25, 0.3) is 0 Å². The molecular formula is C35H31Cl2N5O3. The van der Waals surface area contributed by atoms with Crippen molar-refractivity contribution in [3.05, 3.63) is 124 Å². The molecule has 0 atom stereocenters. The van der Waals surface area contributed by atoms with Crippen molar-refractivity contribution >= 4 is 69.2 Å². The first kappa shape index (κ1) is 31.4. The fourth-order valence-corrected chi connectivity index (χ4v) is 4.72. The molecule has 4 aromatic carbocycles. The van der Waals surface area contributed by atoms with Crippen LogP contribution < -0.4 is 20.7 Å². The van der Waals surface area contributed by atoms with Gasteiger partial charge < -0.3 is 25.4 Å². The summed E-state index contributed by atoms with van der Waals surface area (Å²) in [4.78, 5) is 21.0. The minimum absolute atomic E-state index is 0.369. The van der Waals surface area contributed by atoms with E-state index in [0.717, 1.165) is 27.8 Å². The number of hydrogen-bond donors (Lipinski definition) is 3. The van der Waals surface area contributed by atoms with E-state index < -0.39 is 0 Å². The van der Waals surface area contributed by atoms with Gasteiger partial charge in [-0.05, 0) is 91.4 Å². The molecule has 0 saturated carbocycles. The number of aliphatic imine (C=N–C) groups is 1. The number of para-hydroxylation sites is 2. The van der Waals surface area contributed by atoms with Crippen molar-refractivity contribution in [2.75, 3.05) is 36.1 Å². The number of fused-ring (bicyclic) bond motifs is 1. The molecule has 1 heterocycles. The second-order valence-electron chi connectivity index (χ2n) is 9.92. The summed E-state index contributed by atoms with van der Waals surface area (Å²) in [6.45, 7) is 2.75. The summed E-state index contributed by atoms with van der Waals surface area (Å²) in [6.07, 6.45) is 3.52. The summed E-state index contributed by atoms with van der Waals surface area (Å²) >= 11 is 12.3. The monoisotopic (exact) mass is 639 g/mol. The molecule has 45 heavy (non-hydrogen) atoms. The number of guanidine groups is 1. The third-order valence-electron chi connectivity index (χ3n) is 6.65. The van der Waals surface area contributed by atoms with E-state index in [-0.39, 0.29) is 5.97 Å². The molecule has 0 aliphatic rings. The van der Waals surface area contributed by atoms with Gasteiger partial charge >= 0.3 is 5.97 Å². The van der Waals surface area contributed by atoms with Crippen LogP contribution in [0.5, 0.6) is 11.5 Å². The molecule has 0 unspecified atom stereocenters. The highest BCUT2D eigenvalue weighted by Gasteiger charge is 2.10. The highest BCUT2D eigenvalue weighted by Crippen LogP contribution is 2.30. The second-order valence-corrected chi connectivity index (χ2v) is 10.8. The fourth-order valence-electron chi connectivity index (χ4n) is 4.43. The molecule has 5 rings (SSSR count). The lowest BCUT2D eigenvalue weighted by Gasteiger charge is -2.16. The lowest BCUT2D eigenvalue weighted by Crippen LogP contribution is -2.23. The van der Waals surface area contributed by atoms with E-state index in [1.807, 2.05) is 97.1 Å². The molecule has 0 saturated heterocycles. The van der Waals surface area contributed by atoms with Gasteiger partial charge in [-0.25, -0.2) is 4.79 Å². The Morgan fingerprint density at radius 2 is 1.64 bits per heavy atom. The average Bonchev–Trinajstić information content (AvgIpc) is 3.05. The minimum atomic E-state index is -0.369. The van der Waals surface area contributed by atoms with Crippen LogP contribution in [0, 0.1) is 0 Å². The van der Waals surface area contributed by atoms with Gasteiger partial charge in [-0.3, -0.25) is 9.98 Å². The summed E-state index contributed by atoms with van der Waals surface area (Å²) in [7, 11) is 1.36. The van der Waals surface area contributed by atoms with Crippen LogP contribution in [-0.2, 0) is 9.53 Å².